The summed E-state index contributed by atoms with van der Waals surface area (Å²) in [7, 11) is 0. The van der Waals surface area contributed by atoms with E-state index < -0.39 is 0 Å². The molecule has 0 bridgehead atoms. The highest BCUT2D eigenvalue weighted by molar-refractivity contribution is 9.09. The van der Waals surface area contributed by atoms with E-state index in [0.717, 1.165) is 11.8 Å². The van der Waals surface area contributed by atoms with Gasteiger partial charge in [0, 0.05) is 4.83 Å². The van der Waals surface area contributed by atoms with E-state index in [0.29, 0.717) is 4.83 Å². The summed E-state index contributed by atoms with van der Waals surface area (Å²) in [6.45, 7) is 9.27. The molecule has 0 aliphatic rings. The molecule has 0 aromatic heterocycles. The molecule has 0 aliphatic heterocycles. The third-order valence-corrected chi connectivity index (χ3v) is 3.24. The van der Waals surface area contributed by atoms with Crippen LogP contribution in [0.4, 0.5) is 0 Å². The quantitative estimate of drug-likeness (QED) is 0.514. The van der Waals surface area contributed by atoms with Crippen LogP contribution >= 0.6 is 15.9 Å². The molecule has 0 nitrogen and oxygen atoms in total. The molecular weight excluding hydrogens is 236 g/mol. The van der Waals surface area contributed by atoms with E-state index in [2.05, 4.69) is 43.6 Å². The fourth-order valence-corrected chi connectivity index (χ4v) is 2.09. The van der Waals surface area contributed by atoms with Crippen LogP contribution in [0.5, 0.6) is 0 Å². The zero-order valence-corrected chi connectivity index (χ0v) is 11.9. The Bertz CT molecular complexity index is 104. The maximum atomic E-state index is 3.60. The summed E-state index contributed by atoms with van der Waals surface area (Å²) in [4.78, 5) is 0.699. The molecule has 0 N–H and O–H groups in total. The molecule has 0 aromatic carbocycles. The third kappa shape index (κ3) is 10.6. The molecule has 2 atom stereocenters. The lowest BCUT2D eigenvalue weighted by atomic mass is 9.95. The Hall–Kier alpha value is 0.480. The van der Waals surface area contributed by atoms with E-state index in [9.17, 15) is 0 Å². The molecule has 1 heteroatoms. The molecular formula is C13H27Br. The predicted octanol–water partition coefficient (Wildman–Crippen LogP) is 5.40. The second-order valence-electron chi connectivity index (χ2n) is 5.14. The molecule has 86 valence electrons. The van der Waals surface area contributed by atoms with Gasteiger partial charge < -0.3 is 0 Å². The average molecular weight is 263 g/mol. The minimum absolute atomic E-state index is 0.699. The summed E-state index contributed by atoms with van der Waals surface area (Å²) in [6.07, 6.45) is 8.37. The van der Waals surface area contributed by atoms with Crippen molar-refractivity contribution < 1.29 is 0 Å². The van der Waals surface area contributed by atoms with Crippen molar-refractivity contribution in [2.45, 2.75) is 71.0 Å². The lowest BCUT2D eigenvalue weighted by molar-refractivity contribution is 0.423. The van der Waals surface area contributed by atoms with Crippen molar-refractivity contribution in [3.63, 3.8) is 0 Å². The molecule has 0 aliphatic carbocycles. The number of halogens is 1. The molecule has 0 spiro atoms. The van der Waals surface area contributed by atoms with Gasteiger partial charge >= 0.3 is 0 Å². The topological polar surface area (TPSA) is 0 Å². The molecule has 2 unspecified atom stereocenters. The van der Waals surface area contributed by atoms with Crippen molar-refractivity contribution in [1.29, 1.82) is 0 Å². The summed E-state index contributed by atoms with van der Waals surface area (Å²) in [5.74, 6) is 1.81. The number of rotatable bonds is 8. The molecule has 0 aromatic rings. The second-order valence-corrected chi connectivity index (χ2v) is 6.70. The van der Waals surface area contributed by atoms with Crippen molar-refractivity contribution in [2.24, 2.45) is 11.8 Å². The molecule has 0 fully saturated rings. The van der Waals surface area contributed by atoms with Gasteiger partial charge in [-0.2, -0.15) is 0 Å². The van der Waals surface area contributed by atoms with Gasteiger partial charge in [-0.1, -0.05) is 75.7 Å². The Kier molecular flexibility index (Phi) is 9.06. The fraction of sp³-hybridized carbons (Fsp3) is 1.00. The van der Waals surface area contributed by atoms with Crippen molar-refractivity contribution in [3.8, 4) is 0 Å². The Morgan fingerprint density at radius 3 is 1.71 bits per heavy atom. The molecule has 0 saturated carbocycles. The van der Waals surface area contributed by atoms with E-state index in [1.807, 2.05) is 0 Å². The minimum Gasteiger partial charge on any atom is -0.0894 e. The van der Waals surface area contributed by atoms with Gasteiger partial charge in [-0.05, 0) is 18.3 Å². The highest BCUT2D eigenvalue weighted by atomic mass is 79.9. The van der Waals surface area contributed by atoms with Gasteiger partial charge in [0.05, 0.1) is 0 Å². The van der Waals surface area contributed by atoms with E-state index in [-0.39, 0.29) is 0 Å². The van der Waals surface area contributed by atoms with Crippen molar-refractivity contribution in [2.75, 3.05) is 0 Å². The molecule has 0 amide bonds. The lowest BCUT2D eigenvalue weighted by Crippen LogP contribution is -1.98. The molecule has 0 saturated heterocycles. The summed E-state index contributed by atoms with van der Waals surface area (Å²) in [5.41, 5.74) is 0. The third-order valence-electron chi connectivity index (χ3n) is 2.78. The fourth-order valence-electron chi connectivity index (χ4n) is 1.77. The van der Waals surface area contributed by atoms with Gasteiger partial charge in [0.2, 0.25) is 0 Å². The minimum atomic E-state index is 0.699. The zero-order valence-electron chi connectivity index (χ0n) is 10.4. The van der Waals surface area contributed by atoms with Gasteiger partial charge in [-0.3, -0.25) is 0 Å². The van der Waals surface area contributed by atoms with Crippen molar-refractivity contribution in [3.05, 3.63) is 0 Å². The van der Waals surface area contributed by atoms with Crippen molar-refractivity contribution in [1.82, 2.24) is 0 Å². The van der Waals surface area contributed by atoms with Crippen LogP contribution in [-0.2, 0) is 0 Å². The van der Waals surface area contributed by atoms with E-state index in [4.69, 9.17) is 0 Å². The first-order valence-corrected chi connectivity index (χ1v) is 7.08. The normalized spacial score (nSPS) is 15.9. The first-order valence-electron chi connectivity index (χ1n) is 6.16. The standard InChI is InChI=1S/C13H27Br/c1-11(2)7-5-8-12(3)9-6-10-13(4)14/h11-13H,5-10H2,1-4H3. The van der Waals surface area contributed by atoms with E-state index >= 15 is 0 Å². The molecule has 0 rings (SSSR count). The Morgan fingerprint density at radius 2 is 1.29 bits per heavy atom. The number of hydrogen-bond donors (Lipinski definition) is 0. The van der Waals surface area contributed by atoms with Gasteiger partial charge in [0.15, 0.2) is 0 Å². The van der Waals surface area contributed by atoms with Gasteiger partial charge in [-0.25, -0.2) is 0 Å². The lowest BCUT2D eigenvalue weighted by Gasteiger charge is -2.12. The summed E-state index contributed by atoms with van der Waals surface area (Å²) < 4.78 is 0. The van der Waals surface area contributed by atoms with Crippen LogP contribution in [0.1, 0.15) is 66.2 Å². The predicted molar refractivity (Wildman–Crippen MR) is 70.1 cm³/mol. The highest BCUT2D eigenvalue weighted by Crippen LogP contribution is 2.19. The first kappa shape index (κ1) is 14.5. The van der Waals surface area contributed by atoms with Crippen molar-refractivity contribution >= 4 is 15.9 Å². The number of alkyl halides is 1. The van der Waals surface area contributed by atoms with Crippen LogP contribution in [0.15, 0.2) is 0 Å². The van der Waals surface area contributed by atoms with Crippen LogP contribution < -0.4 is 0 Å². The maximum absolute atomic E-state index is 3.60. The monoisotopic (exact) mass is 262 g/mol. The number of hydrogen-bond acceptors (Lipinski definition) is 0. The largest absolute Gasteiger partial charge is 0.0894 e. The van der Waals surface area contributed by atoms with Crippen LogP contribution in [-0.4, -0.2) is 4.83 Å². The molecule has 14 heavy (non-hydrogen) atoms. The van der Waals surface area contributed by atoms with E-state index in [1.54, 1.807) is 0 Å². The first-order chi connectivity index (χ1) is 6.52. The molecule has 0 heterocycles. The van der Waals surface area contributed by atoms with E-state index in [1.165, 1.54) is 38.5 Å². The SMILES string of the molecule is CC(C)CCCC(C)CCCC(C)Br. The van der Waals surface area contributed by atoms with Gasteiger partial charge in [-0.15, -0.1) is 0 Å². The second kappa shape index (κ2) is 8.76. The van der Waals surface area contributed by atoms with Crippen LogP contribution in [0, 0.1) is 11.8 Å². The average Bonchev–Trinajstić information content (AvgIpc) is 2.02. The Labute approximate surface area is 99.0 Å². The molecule has 0 radical (unpaired) electrons. The summed E-state index contributed by atoms with van der Waals surface area (Å²) in [6, 6.07) is 0. The Balaban J connectivity index is 3.23. The van der Waals surface area contributed by atoms with Crippen LogP contribution in [0.25, 0.3) is 0 Å². The Morgan fingerprint density at radius 1 is 0.786 bits per heavy atom. The highest BCUT2D eigenvalue weighted by Gasteiger charge is 2.04. The maximum Gasteiger partial charge on any atom is 0.0117 e. The summed E-state index contributed by atoms with van der Waals surface area (Å²) in [5, 5.41) is 0. The van der Waals surface area contributed by atoms with Crippen LogP contribution in [0.3, 0.4) is 0 Å². The van der Waals surface area contributed by atoms with Gasteiger partial charge in [0.1, 0.15) is 0 Å². The van der Waals surface area contributed by atoms with Crippen LogP contribution in [0.2, 0.25) is 0 Å². The zero-order chi connectivity index (χ0) is 11.0. The summed E-state index contributed by atoms with van der Waals surface area (Å²) >= 11 is 3.60. The smallest absolute Gasteiger partial charge is 0.0117 e. The van der Waals surface area contributed by atoms with Gasteiger partial charge in [0.25, 0.3) is 0 Å².